The number of para-hydroxylation sites is 1. The second-order valence-corrected chi connectivity index (χ2v) is 4.01. The van der Waals surface area contributed by atoms with Crippen molar-refractivity contribution in [2.24, 2.45) is 0 Å². The Balaban J connectivity index is 2.18. The molecule has 0 unspecified atom stereocenters. The van der Waals surface area contributed by atoms with Gasteiger partial charge in [-0.15, -0.1) is 0 Å². The molecule has 0 saturated heterocycles. The van der Waals surface area contributed by atoms with Gasteiger partial charge in [0.2, 0.25) is 0 Å². The van der Waals surface area contributed by atoms with Gasteiger partial charge in [-0.1, -0.05) is 18.2 Å². The fourth-order valence-electron chi connectivity index (χ4n) is 1.88. The van der Waals surface area contributed by atoms with Crippen LogP contribution in [-0.4, -0.2) is 28.7 Å². The fourth-order valence-corrected chi connectivity index (χ4v) is 1.88. The summed E-state index contributed by atoms with van der Waals surface area (Å²) in [6, 6.07) is 7.07. The number of nitrogens with one attached hydrogen (secondary N) is 2. The Bertz CT molecular complexity index is 536. The third-order valence-corrected chi connectivity index (χ3v) is 2.77. The van der Waals surface area contributed by atoms with Crippen LogP contribution < -0.4 is 5.48 Å². The van der Waals surface area contributed by atoms with Gasteiger partial charge < -0.3 is 14.9 Å². The number of carbonyl (C=O) groups is 1. The van der Waals surface area contributed by atoms with E-state index in [0.29, 0.717) is 13.0 Å². The van der Waals surface area contributed by atoms with Gasteiger partial charge in [0.25, 0.3) is 0 Å². The highest BCUT2D eigenvalue weighted by molar-refractivity contribution is 5.84. The van der Waals surface area contributed by atoms with Crippen molar-refractivity contribution in [1.29, 1.82) is 0 Å². The Kier molecular flexibility index (Phi) is 3.96. The van der Waals surface area contributed by atoms with Crippen LogP contribution in [-0.2, 0) is 16.1 Å². The number of hydrogen-bond donors (Lipinski definition) is 3. The molecule has 1 aromatic heterocycles. The van der Waals surface area contributed by atoms with E-state index in [1.165, 1.54) is 0 Å². The van der Waals surface area contributed by atoms with E-state index >= 15 is 0 Å². The number of carboxylic acid groups (broad SMARTS) is 1. The highest BCUT2D eigenvalue weighted by atomic mass is 16.6. The molecule has 0 fully saturated rings. The lowest BCUT2D eigenvalue weighted by molar-refractivity contribution is -0.143. The zero-order chi connectivity index (χ0) is 13.0. The number of H-pyrrole nitrogens is 1. The van der Waals surface area contributed by atoms with Crippen molar-refractivity contribution in [3.8, 4) is 0 Å². The second-order valence-electron chi connectivity index (χ2n) is 4.01. The summed E-state index contributed by atoms with van der Waals surface area (Å²) < 4.78 is 0. The van der Waals surface area contributed by atoms with Crippen LogP contribution in [0, 0.1) is 0 Å². The molecule has 5 nitrogen and oxygen atoms in total. The van der Waals surface area contributed by atoms with Crippen molar-refractivity contribution in [1.82, 2.24) is 10.5 Å². The first-order valence-electron chi connectivity index (χ1n) is 5.87. The Hall–Kier alpha value is -1.85. The highest BCUT2D eigenvalue weighted by Gasteiger charge is 2.19. The summed E-state index contributed by atoms with van der Waals surface area (Å²) >= 11 is 0. The Morgan fingerprint density at radius 1 is 1.50 bits per heavy atom. The van der Waals surface area contributed by atoms with Crippen LogP contribution in [0.25, 0.3) is 10.9 Å². The molecule has 1 aromatic carbocycles. The smallest absolute Gasteiger partial charge is 0.323 e. The zero-order valence-corrected chi connectivity index (χ0v) is 10.1. The van der Waals surface area contributed by atoms with Gasteiger partial charge in [-0.3, -0.25) is 4.79 Å². The number of aromatic amines is 1. The number of rotatable bonds is 6. The molecule has 0 aliphatic carbocycles. The molecule has 18 heavy (non-hydrogen) atoms. The molecule has 0 radical (unpaired) electrons. The molecular weight excluding hydrogens is 232 g/mol. The topological polar surface area (TPSA) is 74.3 Å². The van der Waals surface area contributed by atoms with Crippen LogP contribution in [0.4, 0.5) is 0 Å². The first kappa shape index (κ1) is 12.6. The number of hydroxylamine groups is 1. The monoisotopic (exact) mass is 248 g/mol. The average Bonchev–Trinajstić information content (AvgIpc) is 2.77. The quantitative estimate of drug-likeness (QED) is 0.680. The maximum atomic E-state index is 11.1. The van der Waals surface area contributed by atoms with E-state index in [4.69, 9.17) is 9.94 Å². The van der Waals surface area contributed by atoms with E-state index in [1.54, 1.807) is 6.92 Å². The second kappa shape index (κ2) is 5.66. The highest BCUT2D eigenvalue weighted by Crippen LogP contribution is 2.19. The predicted molar refractivity (Wildman–Crippen MR) is 68.2 cm³/mol. The number of aliphatic carboxylic acids is 1. The number of benzene rings is 1. The number of aromatic nitrogens is 1. The number of carboxylic acids is 1. The van der Waals surface area contributed by atoms with Crippen LogP contribution in [0.1, 0.15) is 12.5 Å². The predicted octanol–water partition coefficient (Wildman–Crippen LogP) is 1.70. The molecular formula is C13H16N2O3. The molecule has 0 aliphatic heterocycles. The summed E-state index contributed by atoms with van der Waals surface area (Å²) in [6.45, 7) is 2.23. The first-order chi connectivity index (χ1) is 8.72. The third kappa shape index (κ3) is 2.69. The molecule has 2 aromatic rings. The number of hydrogen-bond acceptors (Lipinski definition) is 3. The largest absolute Gasteiger partial charge is 0.480 e. The molecule has 0 spiro atoms. The van der Waals surface area contributed by atoms with Crippen molar-refractivity contribution in [2.75, 3.05) is 6.61 Å². The Morgan fingerprint density at radius 3 is 3.00 bits per heavy atom. The van der Waals surface area contributed by atoms with E-state index in [2.05, 4.69) is 10.5 Å². The van der Waals surface area contributed by atoms with Crippen LogP contribution in [0.2, 0.25) is 0 Å². The lowest BCUT2D eigenvalue weighted by atomic mass is 10.1. The van der Waals surface area contributed by atoms with Crippen molar-refractivity contribution < 1.29 is 14.7 Å². The van der Waals surface area contributed by atoms with Gasteiger partial charge in [-0.2, -0.15) is 5.48 Å². The molecule has 0 bridgehead atoms. The van der Waals surface area contributed by atoms with Crippen LogP contribution >= 0.6 is 0 Å². The lowest BCUT2D eigenvalue weighted by Crippen LogP contribution is -2.38. The van der Waals surface area contributed by atoms with Gasteiger partial charge in [0.15, 0.2) is 0 Å². The van der Waals surface area contributed by atoms with Gasteiger partial charge >= 0.3 is 5.97 Å². The molecule has 0 aliphatic rings. The maximum Gasteiger partial charge on any atom is 0.323 e. The summed E-state index contributed by atoms with van der Waals surface area (Å²) in [5.74, 6) is -0.922. The minimum Gasteiger partial charge on any atom is -0.480 e. The first-order valence-corrected chi connectivity index (χ1v) is 5.87. The van der Waals surface area contributed by atoms with E-state index in [0.717, 1.165) is 16.5 Å². The molecule has 2 rings (SSSR count). The molecule has 0 amide bonds. The molecule has 1 heterocycles. The minimum absolute atomic E-state index is 0.374. The Labute approximate surface area is 105 Å². The SMILES string of the molecule is CCON[C@@H](Cc1c[nH]c2ccccc12)C(=O)O. The van der Waals surface area contributed by atoms with Gasteiger partial charge in [0, 0.05) is 23.5 Å². The standard InChI is InChI=1S/C13H16N2O3/c1-2-18-15-12(13(16)17)7-9-8-14-11-6-4-3-5-10(9)11/h3-6,8,12,14-15H,2,7H2,1H3,(H,16,17)/t12-/m0/s1. The summed E-state index contributed by atoms with van der Waals surface area (Å²) in [6.07, 6.45) is 2.22. The molecule has 0 saturated carbocycles. The molecule has 5 heteroatoms. The van der Waals surface area contributed by atoms with E-state index in [-0.39, 0.29) is 0 Å². The average molecular weight is 248 g/mol. The minimum atomic E-state index is -0.922. The van der Waals surface area contributed by atoms with Crippen LogP contribution in [0.5, 0.6) is 0 Å². The van der Waals surface area contributed by atoms with Crippen molar-refractivity contribution in [2.45, 2.75) is 19.4 Å². The van der Waals surface area contributed by atoms with Crippen molar-refractivity contribution >= 4 is 16.9 Å². The van der Waals surface area contributed by atoms with E-state index in [9.17, 15) is 4.79 Å². The van der Waals surface area contributed by atoms with E-state index < -0.39 is 12.0 Å². The maximum absolute atomic E-state index is 11.1. The number of fused-ring (bicyclic) bond motifs is 1. The van der Waals surface area contributed by atoms with Gasteiger partial charge in [0.1, 0.15) is 6.04 Å². The fraction of sp³-hybridized carbons (Fsp3) is 0.308. The van der Waals surface area contributed by atoms with Gasteiger partial charge in [-0.05, 0) is 18.6 Å². The molecule has 96 valence electrons. The van der Waals surface area contributed by atoms with Crippen LogP contribution in [0.3, 0.4) is 0 Å². The third-order valence-electron chi connectivity index (χ3n) is 2.77. The van der Waals surface area contributed by atoms with Gasteiger partial charge in [-0.25, -0.2) is 0 Å². The normalized spacial score (nSPS) is 12.7. The lowest BCUT2D eigenvalue weighted by Gasteiger charge is -2.12. The van der Waals surface area contributed by atoms with Crippen LogP contribution in [0.15, 0.2) is 30.5 Å². The summed E-state index contributed by atoms with van der Waals surface area (Å²) in [5, 5.41) is 10.2. The Morgan fingerprint density at radius 2 is 2.28 bits per heavy atom. The van der Waals surface area contributed by atoms with Gasteiger partial charge in [0.05, 0.1) is 6.61 Å². The van der Waals surface area contributed by atoms with E-state index in [1.807, 2.05) is 30.5 Å². The zero-order valence-electron chi connectivity index (χ0n) is 10.1. The van der Waals surface area contributed by atoms with Crippen molar-refractivity contribution in [3.63, 3.8) is 0 Å². The molecule has 3 N–H and O–H groups in total. The summed E-state index contributed by atoms with van der Waals surface area (Å²) in [7, 11) is 0. The summed E-state index contributed by atoms with van der Waals surface area (Å²) in [5.41, 5.74) is 4.53. The summed E-state index contributed by atoms with van der Waals surface area (Å²) in [4.78, 5) is 19.2. The van der Waals surface area contributed by atoms with Crippen molar-refractivity contribution in [3.05, 3.63) is 36.0 Å². The molecule has 1 atom stereocenters.